The molecule has 0 saturated carbocycles. The summed E-state index contributed by atoms with van der Waals surface area (Å²) in [6, 6.07) is -0.421. The van der Waals surface area contributed by atoms with Crippen molar-refractivity contribution in [1.82, 2.24) is 4.90 Å². The van der Waals surface area contributed by atoms with Gasteiger partial charge < -0.3 is 15.4 Å². The van der Waals surface area contributed by atoms with E-state index in [4.69, 9.17) is 10.5 Å². The van der Waals surface area contributed by atoms with Crippen LogP contribution in [0.3, 0.4) is 0 Å². The molecule has 1 amide bonds. The molecule has 0 aromatic rings. The molecule has 5 nitrogen and oxygen atoms in total. The smallest absolute Gasteiger partial charge is 0.328 e. The van der Waals surface area contributed by atoms with Crippen LogP contribution in [0.2, 0.25) is 0 Å². The fourth-order valence-electron chi connectivity index (χ4n) is 1.77. The zero-order chi connectivity index (χ0) is 12.1. The lowest BCUT2D eigenvalue weighted by Gasteiger charge is -2.22. The SMILES string of the molecule is CC(C)COC(=O)[C@@H]1CCCN1C(=O)CN. The van der Waals surface area contributed by atoms with Crippen LogP contribution in [0.15, 0.2) is 0 Å². The van der Waals surface area contributed by atoms with E-state index in [1.165, 1.54) is 4.90 Å². The predicted octanol–water partition coefficient (Wildman–Crippen LogP) is 0.135. The van der Waals surface area contributed by atoms with E-state index in [-0.39, 0.29) is 18.4 Å². The summed E-state index contributed by atoms with van der Waals surface area (Å²) < 4.78 is 5.14. The highest BCUT2D eigenvalue weighted by Gasteiger charge is 2.34. The normalized spacial score (nSPS) is 20.2. The minimum atomic E-state index is -0.421. The molecule has 0 radical (unpaired) electrons. The Balaban J connectivity index is 2.51. The molecule has 1 rings (SSSR count). The van der Waals surface area contributed by atoms with E-state index in [9.17, 15) is 9.59 Å². The molecule has 0 unspecified atom stereocenters. The lowest BCUT2D eigenvalue weighted by Crippen LogP contribution is -2.44. The van der Waals surface area contributed by atoms with Crippen molar-refractivity contribution in [3.05, 3.63) is 0 Å². The van der Waals surface area contributed by atoms with Gasteiger partial charge in [0.05, 0.1) is 13.2 Å². The Morgan fingerprint density at radius 2 is 2.19 bits per heavy atom. The maximum absolute atomic E-state index is 11.7. The van der Waals surface area contributed by atoms with Crippen molar-refractivity contribution in [2.75, 3.05) is 19.7 Å². The van der Waals surface area contributed by atoms with Crippen LogP contribution in [-0.2, 0) is 14.3 Å². The van der Waals surface area contributed by atoms with Crippen molar-refractivity contribution in [1.29, 1.82) is 0 Å². The van der Waals surface area contributed by atoms with E-state index in [0.29, 0.717) is 25.5 Å². The fourth-order valence-corrected chi connectivity index (χ4v) is 1.77. The number of hydrogen-bond donors (Lipinski definition) is 1. The highest BCUT2D eigenvalue weighted by molar-refractivity contribution is 5.86. The second-order valence-corrected chi connectivity index (χ2v) is 4.47. The largest absolute Gasteiger partial charge is 0.464 e. The Kier molecular flexibility index (Phi) is 4.73. The minimum absolute atomic E-state index is 0.0477. The Morgan fingerprint density at radius 1 is 1.50 bits per heavy atom. The van der Waals surface area contributed by atoms with Crippen molar-refractivity contribution in [2.24, 2.45) is 11.7 Å². The van der Waals surface area contributed by atoms with E-state index in [1.54, 1.807) is 0 Å². The highest BCUT2D eigenvalue weighted by Crippen LogP contribution is 2.18. The third-order valence-corrected chi connectivity index (χ3v) is 2.58. The molecule has 1 saturated heterocycles. The van der Waals surface area contributed by atoms with Crippen LogP contribution in [-0.4, -0.2) is 42.5 Å². The van der Waals surface area contributed by atoms with Crippen LogP contribution in [0.25, 0.3) is 0 Å². The van der Waals surface area contributed by atoms with Crippen molar-refractivity contribution in [3.8, 4) is 0 Å². The van der Waals surface area contributed by atoms with E-state index in [1.807, 2.05) is 13.8 Å². The average Bonchev–Trinajstić information content (AvgIpc) is 2.73. The summed E-state index contributed by atoms with van der Waals surface area (Å²) in [5.74, 6) is -0.166. The van der Waals surface area contributed by atoms with Gasteiger partial charge in [0.25, 0.3) is 0 Å². The van der Waals surface area contributed by atoms with Crippen molar-refractivity contribution in [2.45, 2.75) is 32.7 Å². The number of nitrogens with two attached hydrogens (primary N) is 1. The van der Waals surface area contributed by atoms with Crippen molar-refractivity contribution >= 4 is 11.9 Å². The number of nitrogens with zero attached hydrogens (tertiary/aromatic N) is 1. The molecule has 0 aliphatic carbocycles. The number of carbonyl (C=O) groups excluding carboxylic acids is 2. The number of esters is 1. The summed E-state index contributed by atoms with van der Waals surface area (Å²) in [5.41, 5.74) is 5.29. The van der Waals surface area contributed by atoms with Gasteiger partial charge >= 0.3 is 5.97 Å². The third-order valence-electron chi connectivity index (χ3n) is 2.58. The lowest BCUT2D eigenvalue weighted by molar-refractivity contribution is -0.153. The number of amides is 1. The molecule has 0 aromatic heterocycles. The van der Waals surface area contributed by atoms with E-state index in [2.05, 4.69) is 0 Å². The molecular weight excluding hydrogens is 208 g/mol. The molecule has 1 heterocycles. The standard InChI is InChI=1S/C11H20N2O3/c1-8(2)7-16-11(15)9-4-3-5-13(9)10(14)6-12/h8-9H,3-7,12H2,1-2H3/t9-/m0/s1. The molecule has 0 aromatic carbocycles. The molecule has 92 valence electrons. The zero-order valence-corrected chi connectivity index (χ0v) is 9.94. The summed E-state index contributed by atoms with van der Waals surface area (Å²) in [4.78, 5) is 24.7. The molecule has 0 spiro atoms. The molecule has 5 heteroatoms. The van der Waals surface area contributed by atoms with Gasteiger partial charge in [-0.2, -0.15) is 0 Å². The quantitative estimate of drug-likeness (QED) is 0.694. The van der Waals surface area contributed by atoms with Gasteiger partial charge in [-0.15, -0.1) is 0 Å². The maximum atomic E-state index is 11.7. The second-order valence-electron chi connectivity index (χ2n) is 4.47. The second kappa shape index (κ2) is 5.84. The van der Waals surface area contributed by atoms with Gasteiger partial charge in [0.2, 0.25) is 5.91 Å². The van der Waals surface area contributed by atoms with Gasteiger partial charge in [-0.1, -0.05) is 13.8 Å². The van der Waals surface area contributed by atoms with Crippen molar-refractivity contribution < 1.29 is 14.3 Å². The predicted molar refractivity (Wildman–Crippen MR) is 59.6 cm³/mol. The molecule has 2 N–H and O–H groups in total. The number of carbonyl (C=O) groups is 2. The molecule has 0 bridgehead atoms. The Bertz CT molecular complexity index is 266. The van der Waals surface area contributed by atoms with Crippen LogP contribution in [0.5, 0.6) is 0 Å². The Hall–Kier alpha value is -1.10. The van der Waals surface area contributed by atoms with Crippen LogP contribution >= 0.6 is 0 Å². The van der Waals surface area contributed by atoms with Crippen LogP contribution in [0.4, 0.5) is 0 Å². The molecule has 16 heavy (non-hydrogen) atoms. The number of rotatable bonds is 4. The summed E-state index contributed by atoms with van der Waals surface area (Å²) >= 11 is 0. The summed E-state index contributed by atoms with van der Waals surface area (Å²) in [7, 11) is 0. The summed E-state index contributed by atoms with van der Waals surface area (Å²) in [6.07, 6.45) is 1.52. The topological polar surface area (TPSA) is 72.6 Å². The van der Waals surface area contributed by atoms with Crippen LogP contribution < -0.4 is 5.73 Å². The molecule has 1 aliphatic rings. The van der Waals surface area contributed by atoms with E-state index < -0.39 is 6.04 Å². The number of ether oxygens (including phenoxy) is 1. The third kappa shape index (κ3) is 3.20. The first-order valence-electron chi connectivity index (χ1n) is 5.72. The fraction of sp³-hybridized carbons (Fsp3) is 0.818. The first-order chi connectivity index (χ1) is 7.56. The monoisotopic (exact) mass is 228 g/mol. The van der Waals surface area contributed by atoms with Gasteiger partial charge in [0, 0.05) is 6.54 Å². The zero-order valence-electron chi connectivity index (χ0n) is 9.94. The number of likely N-dealkylation sites (tertiary alicyclic amines) is 1. The highest BCUT2D eigenvalue weighted by atomic mass is 16.5. The van der Waals surface area contributed by atoms with E-state index in [0.717, 1.165) is 6.42 Å². The maximum Gasteiger partial charge on any atom is 0.328 e. The Labute approximate surface area is 95.9 Å². The number of hydrogen-bond acceptors (Lipinski definition) is 4. The van der Waals surface area contributed by atoms with Crippen LogP contribution in [0.1, 0.15) is 26.7 Å². The summed E-state index contributed by atoms with van der Waals surface area (Å²) in [5, 5.41) is 0. The van der Waals surface area contributed by atoms with Gasteiger partial charge in [0.1, 0.15) is 6.04 Å². The van der Waals surface area contributed by atoms with Crippen molar-refractivity contribution in [3.63, 3.8) is 0 Å². The molecule has 1 fully saturated rings. The molecular formula is C11H20N2O3. The van der Waals surface area contributed by atoms with Crippen LogP contribution in [0, 0.1) is 5.92 Å². The first kappa shape index (κ1) is 13.0. The van der Waals surface area contributed by atoms with Gasteiger partial charge in [0.15, 0.2) is 0 Å². The van der Waals surface area contributed by atoms with Gasteiger partial charge in [-0.05, 0) is 18.8 Å². The molecule has 1 aliphatic heterocycles. The summed E-state index contributed by atoms with van der Waals surface area (Å²) in [6.45, 7) is 4.92. The lowest BCUT2D eigenvalue weighted by atomic mass is 10.2. The van der Waals surface area contributed by atoms with Gasteiger partial charge in [-0.3, -0.25) is 4.79 Å². The van der Waals surface area contributed by atoms with E-state index >= 15 is 0 Å². The minimum Gasteiger partial charge on any atom is -0.464 e. The Morgan fingerprint density at radius 3 is 2.75 bits per heavy atom. The molecule has 1 atom stereocenters. The average molecular weight is 228 g/mol. The van der Waals surface area contributed by atoms with Gasteiger partial charge in [-0.25, -0.2) is 4.79 Å². The first-order valence-corrected chi connectivity index (χ1v) is 5.72.